The number of para-hydroxylation sites is 1. The molecule has 0 saturated carbocycles. The first-order valence-corrected chi connectivity index (χ1v) is 13.2. The fraction of sp³-hybridized carbons (Fsp3) is 0.0556. The van der Waals surface area contributed by atoms with Crippen molar-refractivity contribution in [2.24, 2.45) is 0 Å². The number of hydrogen-bond acceptors (Lipinski definition) is 3. The van der Waals surface area contributed by atoms with Gasteiger partial charge in [0, 0.05) is 27.1 Å². The molecule has 0 N–H and O–H groups in total. The summed E-state index contributed by atoms with van der Waals surface area (Å²) in [5.74, 6) is 0. The summed E-state index contributed by atoms with van der Waals surface area (Å²) in [5.41, 5.74) is 10.4. The molecule has 184 valence electrons. The van der Waals surface area contributed by atoms with E-state index in [4.69, 9.17) is 14.4 Å². The van der Waals surface area contributed by atoms with Gasteiger partial charge in [0.1, 0.15) is 11.2 Å². The van der Waals surface area contributed by atoms with Crippen molar-refractivity contribution in [3.8, 4) is 22.4 Å². The molecule has 0 unspecified atom stereocenters. The van der Waals surface area contributed by atoms with Gasteiger partial charge in [-0.2, -0.15) is 0 Å². The lowest BCUT2D eigenvalue weighted by atomic mass is 9.96. The van der Waals surface area contributed by atoms with Gasteiger partial charge in [-0.25, -0.2) is 4.98 Å². The average molecular weight is 501 g/mol. The number of aromatic nitrogens is 2. The highest BCUT2D eigenvalue weighted by Crippen LogP contribution is 2.36. The molecule has 2 heterocycles. The van der Waals surface area contributed by atoms with Crippen molar-refractivity contribution in [3.63, 3.8) is 0 Å². The van der Waals surface area contributed by atoms with E-state index in [1.807, 2.05) is 18.3 Å². The first-order chi connectivity index (χ1) is 19.1. The molecule has 39 heavy (non-hydrogen) atoms. The fourth-order valence-electron chi connectivity index (χ4n) is 5.83. The highest BCUT2D eigenvalue weighted by molar-refractivity contribution is 6.23. The molecular weight excluding hydrogens is 476 g/mol. The quantitative estimate of drug-likeness (QED) is 0.222. The zero-order valence-corrected chi connectivity index (χ0v) is 21.7. The second-order valence-electron chi connectivity index (χ2n) is 10.4. The Hall–Kier alpha value is -5.02. The number of aryl methyl sites for hydroxylation is 2. The Bertz CT molecular complexity index is 2240. The molecule has 0 radical (unpaired) electrons. The molecule has 8 aromatic rings. The second-order valence-corrected chi connectivity index (χ2v) is 10.4. The van der Waals surface area contributed by atoms with E-state index in [9.17, 15) is 0 Å². The maximum atomic E-state index is 6.01. The fourth-order valence-corrected chi connectivity index (χ4v) is 5.83. The molecule has 0 amide bonds. The normalized spacial score (nSPS) is 11.8. The minimum absolute atomic E-state index is 0.875. The predicted octanol–water partition coefficient (Wildman–Crippen LogP) is 9.79. The summed E-state index contributed by atoms with van der Waals surface area (Å²) in [7, 11) is 0. The molecule has 0 spiro atoms. The van der Waals surface area contributed by atoms with Gasteiger partial charge in [0.25, 0.3) is 0 Å². The SMILES string of the molecule is Cc1ccc2c3ccc(C)cc3c3nc(-c4ccc(-c5ccc6oc7ccccc7c6c5)cc4)cnc3c2c1. The van der Waals surface area contributed by atoms with Crippen LogP contribution in [0.25, 0.3) is 76.9 Å². The van der Waals surface area contributed by atoms with Gasteiger partial charge in [-0.15, -0.1) is 0 Å². The molecule has 3 nitrogen and oxygen atoms in total. The smallest absolute Gasteiger partial charge is 0.135 e. The van der Waals surface area contributed by atoms with Crippen LogP contribution in [-0.2, 0) is 0 Å². The summed E-state index contributed by atoms with van der Waals surface area (Å²) in [4.78, 5) is 10.2. The van der Waals surface area contributed by atoms with E-state index in [-0.39, 0.29) is 0 Å². The van der Waals surface area contributed by atoms with Gasteiger partial charge in [-0.05, 0) is 66.1 Å². The van der Waals surface area contributed by atoms with Crippen LogP contribution in [0.3, 0.4) is 0 Å². The zero-order valence-electron chi connectivity index (χ0n) is 21.7. The lowest BCUT2D eigenvalue weighted by Gasteiger charge is -2.12. The Balaban J connectivity index is 1.26. The van der Waals surface area contributed by atoms with Crippen molar-refractivity contribution >= 4 is 54.5 Å². The van der Waals surface area contributed by atoms with Crippen LogP contribution in [0.15, 0.2) is 114 Å². The number of hydrogen-bond donors (Lipinski definition) is 0. The van der Waals surface area contributed by atoms with Crippen molar-refractivity contribution in [2.75, 3.05) is 0 Å². The molecule has 0 aliphatic carbocycles. The molecule has 0 saturated heterocycles. The lowest BCUT2D eigenvalue weighted by Crippen LogP contribution is -1.93. The third-order valence-corrected chi connectivity index (χ3v) is 7.81. The van der Waals surface area contributed by atoms with Crippen LogP contribution in [0.5, 0.6) is 0 Å². The summed E-state index contributed by atoms with van der Waals surface area (Å²) in [6.07, 6.45) is 1.91. The molecule has 0 atom stereocenters. The Morgan fingerprint density at radius 3 is 1.90 bits per heavy atom. The van der Waals surface area contributed by atoms with Gasteiger partial charge in [-0.1, -0.05) is 83.9 Å². The van der Waals surface area contributed by atoms with Crippen molar-refractivity contribution in [1.29, 1.82) is 0 Å². The van der Waals surface area contributed by atoms with Crippen LogP contribution in [0.2, 0.25) is 0 Å². The van der Waals surface area contributed by atoms with E-state index in [0.717, 1.165) is 66.1 Å². The lowest BCUT2D eigenvalue weighted by molar-refractivity contribution is 0.669. The second kappa shape index (κ2) is 8.24. The van der Waals surface area contributed by atoms with Crippen molar-refractivity contribution in [1.82, 2.24) is 9.97 Å². The molecule has 0 aliphatic rings. The third-order valence-electron chi connectivity index (χ3n) is 7.81. The van der Waals surface area contributed by atoms with Crippen LogP contribution < -0.4 is 0 Å². The number of fused-ring (bicyclic) bond motifs is 9. The van der Waals surface area contributed by atoms with Gasteiger partial charge >= 0.3 is 0 Å². The van der Waals surface area contributed by atoms with Gasteiger partial charge < -0.3 is 4.42 Å². The summed E-state index contributed by atoms with van der Waals surface area (Å²) in [5, 5.41) is 7.01. The van der Waals surface area contributed by atoms with Crippen molar-refractivity contribution in [3.05, 3.63) is 120 Å². The molecule has 8 rings (SSSR count). The Morgan fingerprint density at radius 1 is 0.487 bits per heavy atom. The first kappa shape index (κ1) is 22.0. The van der Waals surface area contributed by atoms with Crippen LogP contribution >= 0.6 is 0 Å². The molecule has 6 aromatic carbocycles. The molecule has 2 aromatic heterocycles. The highest BCUT2D eigenvalue weighted by Gasteiger charge is 2.14. The maximum Gasteiger partial charge on any atom is 0.135 e. The van der Waals surface area contributed by atoms with E-state index in [0.29, 0.717) is 0 Å². The number of nitrogens with zero attached hydrogens (tertiary/aromatic N) is 2. The Morgan fingerprint density at radius 2 is 1.13 bits per heavy atom. The van der Waals surface area contributed by atoms with Crippen molar-refractivity contribution in [2.45, 2.75) is 13.8 Å². The van der Waals surface area contributed by atoms with Crippen LogP contribution in [0, 0.1) is 13.8 Å². The number of furan rings is 1. The van der Waals surface area contributed by atoms with Gasteiger partial charge in [0.2, 0.25) is 0 Å². The minimum atomic E-state index is 0.875. The summed E-state index contributed by atoms with van der Waals surface area (Å²) < 4.78 is 6.01. The summed E-state index contributed by atoms with van der Waals surface area (Å²) in [6, 6.07) is 36.4. The Kier molecular flexibility index (Phi) is 4.65. The van der Waals surface area contributed by atoms with Gasteiger partial charge in [-0.3, -0.25) is 4.98 Å². The van der Waals surface area contributed by atoms with Crippen LogP contribution in [0.1, 0.15) is 11.1 Å². The zero-order chi connectivity index (χ0) is 26.1. The number of rotatable bonds is 2. The van der Waals surface area contributed by atoms with Gasteiger partial charge in [0.15, 0.2) is 0 Å². The maximum absolute atomic E-state index is 6.01. The summed E-state index contributed by atoms with van der Waals surface area (Å²) >= 11 is 0. The standard InChI is InChI=1S/C36H24N2O/c1-21-7-14-26-27-15-8-22(2)18-31(27)36-35(30(26)17-21)37-20-32(38-36)24-11-9-23(10-12-24)25-13-16-34-29(19-25)28-5-3-4-6-33(28)39-34/h3-20H,1-2H3. The van der Waals surface area contributed by atoms with E-state index in [1.54, 1.807) is 0 Å². The monoisotopic (exact) mass is 500 g/mol. The average Bonchev–Trinajstić information content (AvgIpc) is 3.35. The van der Waals surface area contributed by atoms with Crippen LogP contribution in [0.4, 0.5) is 0 Å². The van der Waals surface area contributed by atoms with Gasteiger partial charge in [0.05, 0.1) is 22.9 Å². The molecule has 3 heteroatoms. The third kappa shape index (κ3) is 3.44. The largest absolute Gasteiger partial charge is 0.456 e. The molecule has 0 bridgehead atoms. The van der Waals surface area contributed by atoms with E-state index in [2.05, 4.69) is 105 Å². The van der Waals surface area contributed by atoms with E-state index >= 15 is 0 Å². The van der Waals surface area contributed by atoms with Crippen LogP contribution in [-0.4, -0.2) is 9.97 Å². The summed E-state index contributed by atoms with van der Waals surface area (Å²) in [6.45, 7) is 4.26. The topological polar surface area (TPSA) is 38.9 Å². The Labute approximate surface area is 225 Å². The minimum Gasteiger partial charge on any atom is -0.456 e. The molecule has 0 fully saturated rings. The van der Waals surface area contributed by atoms with E-state index < -0.39 is 0 Å². The van der Waals surface area contributed by atoms with E-state index in [1.165, 1.54) is 21.9 Å². The molecule has 0 aliphatic heterocycles. The first-order valence-electron chi connectivity index (χ1n) is 13.2. The molecular formula is C36H24N2O. The van der Waals surface area contributed by atoms with Crippen molar-refractivity contribution < 1.29 is 4.42 Å². The number of benzene rings is 6. The highest BCUT2D eigenvalue weighted by atomic mass is 16.3. The predicted molar refractivity (Wildman–Crippen MR) is 162 cm³/mol.